The molecule has 0 spiro atoms. The van der Waals surface area contributed by atoms with Crippen LogP contribution in [0.4, 0.5) is 0 Å². The zero-order valence-corrected chi connectivity index (χ0v) is 36.5. The van der Waals surface area contributed by atoms with Gasteiger partial charge in [0.25, 0.3) is 0 Å². The third kappa shape index (κ3) is 9.77. The molecular weight excluding hydrogens is 765 g/mol. The molecule has 4 heteroatoms. The number of nitrogens with zero attached hydrogens (tertiary/aromatic N) is 4. The molecule has 0 saturated heterocycles. The van der Waals surface area contributed by atoms with Crippen molar-refractivity contribution in [2.75, 3.05) is 7.05 Å². The van der Waals surface area contributed by atoms with Crippen molar-refractivity contribution in [2.24, 2.45) is 25.9 Å². The summed E-state index contributed by atoms with van der Waals surface area (Å²) < 4.78 is 0. The van der Waals surface area contributed by atoms with Gasteiger partial charge in [0.2, 0.25) is 0 Å². The van der Waals surface area contributed by atoms with Crippen LogP contribution in [0.15, 0.2) is 226 Å². The summed E-state index contributed by atoms with van der Waals surface area (Å²) in [4.78, 5) is 19.5. The fourth-order valence-corrected chi connectivity index (χ4v) is 8.70. The second-order valence-corrected chi connectivity index (χ2v) is 16.1. The molecule has 0 aliphatic heterocycles. The molecule has 310 valence electrons. The van der Waals surface area contributed by atoms with Gasteiger partial charge in [-0.05, 0) is 99.6 Å². The summed E-state index contributed by atoms with van der Waals surface area (Å²) in [6, 6.07) is 59.6. The first-order chi connectivity index (χ1) is 31.0. The smallest absolute Gasteiger partial charge is 0.0720 e. The summed E-state index contributed by atoms with van der Waals surface area (Å²) in [5, 5.41) is 4.76. The Bertz CT molecular complexity index is 2920. The Morgan fingerprint density at radius 3 is 1.68 bits per heavy atom. The topological polar surface area (TPSA) is 49.4 Å². The van der Waals surface area contributed by atoms with Gasteiger partial charge in [0.15, 0.2) is 0 Å². The molecule has 7 aromatic carbocycles. The van der Waals surface area contributed by atoms with E-state index in [2.05, 4.69) is 201 Å². The summed E-state index contributed by atoms with van der Waals surface area (Å²) in [5.74, 6) is 0.175. The Kier molecular flexibility index (Phi) is 13.5. The standard InChI is InChI=1S/C59H54N4/c1-5-59(6-2,53-33-25-43(26-34-53)41-62-57(48-21-11-8-12-22-48)40-56(61-4)51-31-29-45-17-13-15-23-49(45)37-51)54-35-27-44(28-36-54)42-63-58(39-55(60-3)47-19-9-7-10-20-47)52-32-30-46-18-14-16-24-50(46)38-52/h7-27,29-40,42,44H,4-6,28,41H2,1-3H3/b56-40-,58-39-,60-55?,62-57?,63-42?. The lowest BCUT2D eigenvalue weighted by atomic mass is 9.68. The number of aliphatic imine (C=N–C) groups is 4. The van der Waals surface area contributed by atoms with Crippen LogP contribution in [0.25, 0.3) is 32.9 Å². The number of rotatable bonds is 15. The molecule has 1 aliphatic rings. The number of fused-ring (bicyclic) bond motifs is 2. The first kappa shape index (κ1) is 42.4. The van der Waals surface area contributed by atoms with Gasteiger partial charge in [0.1, 0.15) is 0 Å². The molecule has 4 nitrogen and oxygen atoms in total. The van der Waals surface area contributed by atoms with E-state index in [4.69, 9.17) is 9.98 Å². The van der Waals surface area contributed by atoms with Crippen molar-refractivity contribution in [1.82, 2.24) is 0 Å². The lowest BCUT2D eigenvalue weighted by Crippen LogP contribution is -2.27. The summed E-state index contributed by atoms with van der Waals surface area (Å²) in [6.07, 6.45) is 16.3. The molecule has 1 atom stereocenters. The molecule has 1 unspecified atom stereocenters. The third-order valence-electron chi connectivity index (χ3n) is 12.4. The van der Waals surface area contributed by atoms with Crippen molar-refractivity contribution in [3.05, 3.63) is 239 Å². The highest BCUT2D eigenvalue weighted by Crippen LogP contribution is 2.42. The van der Waals surface area contributed by atoms with E-state index in [9.17, 15) is 0 Å². The van der Waals surface area contributed by atoms with Gasteiger partial charge in [-0.3, -0.25) is 20.0 Å². The van der Waals surface area contributed by atoms with E-state index in [-0.39, 0.29) is 11.3 Å². The highest BCUT2D eigenvalue weighted by molar-refractivity contribution is 6.13. The van der Waals surface area contributed by atoms with Crippen LogP contribution in [-0.2, 0) is 12.0 Å². The third-order valence-corrected chi connectivity index (χ3v) is 12.4. The first-order valence-electron chi connectivity index (χ1n) is 22.0. The minimum Gasteiger partial charge on any atom is -0.288 e. The fourth-order valence-electron chi connectivity index (χ4n) is 8.70. The van der Waals surface area contributed by atoms with Crippen LogP contribution in [0, 0.1) is 5.92 Å². The molecular formula is C59H54N4. The molecule has 0 N–H and O–H groups in total. The van der Waals surface area contributed by atoms with Crippen LogP contribution in [0.3, 0.4) is 0 Å². The number of benzene rings is 7. The maximum absolute atomic E-state index is 5.18. The fraction of sp³-hybridized carbons (Fsp3) is 0.153. The van der Waals surface area contributed by atoms with E-state index in [0.29, 0.717) is 6.54 Å². The average Bonchev–Trinajstić information content (AvgIpc) is 3.35. The molecule has 7 aromatic rings. The molecule has 0 aromatic heterocycles. The quantitative estimate of drug-likeness (QED) is 0.0926. The van der Waals surface area contributed by atoms with Crippen molar-refractivity contribution in [3.63, 3.8) is 0 Å². The minimum atomic E-state index is -0.0962. The van der Waals surface area contributed by atoms with Gasteiger partial charge in [0, 0.05) is 35.7 Å². The van der Waals surface area contributed by atoms with Crippen molar-refractivity contribution >= 4 is 57.3 Å². The monoisotopic (exact) mass is 818 g/mol. The molecule has 8 rings (SSSR count). The van der Waals surface area contributed by atoms with E-state index in [1.54, 1.807) is 0 Å². The van der Waals surface area contributed by atoms with Gasteiger partial charge in [-0.15, -0.1) is 0 Å². The molecule has 1 aliphatic carbocycles. The van der Waals surface area contributed by atoms with Crippen LogP contribution < -0.4 is 0 Å². The largest absolute Gasteiger partial charge is 0.288 e. The maximum atomic E-state index is 5.18. The molecule has 0 saturated carbocycles. The summed E-state index contributed by atoms with van der Waals surface area (Å²) in [6.45, 7) is 9.10. The van der Waals surface area contributed by atoms with Crippen molar-refractivity contribution in [3.8, 4) is 0 Å². The van der Waals surface area contributed by atoms with E-state index in [0.717, 1.165) is 69.9 Å². The second kappa shape index (κ2) is 20.0. The Labute approximate surface area is 373 Å². The Morgan fingerprint density at radius 2 is 1.14 bits per heavy atom. The van der Waals surface area contributed by atoms with Gasteiger partial charge >= 0.3 is 0 Å². The molecule has 0 amide bonds. The molecule has 0 bridgehead atoms. The van der Waals surface area contributed by atoms with Gasteiger partial charge in [-0.2, -0.15) is 0 Å². The lowest BCUT2D eigenvalue weighted by Gasteiger charge is -2.36. The molecule has 0 heterocycles. The number of hydrogen-bond donors (Lipinski definition) is 0. The second-order valence-electron chi connectivity index (χ2n) is 16.1. The van der Waals surface area contributed by atoms with E-state index in [1.807, 2.05) is 43.4 Å². The van der Waals surface area contributed by atoms with E-state index < -0.39 is 0 Å². The molecule has 0 fully saturated rings. The summed E-state index contributed by atoms with van der Waals surface area (Å²) in [7, 11) is 1.84. The summed E-state index contributed by atoms with van der Waals surface area (Å²) in [5.41, 5.74) is 11.4. The Balaban J connectivity index is 1.02. The van der Waals surface area contributed by atoms with Crippen molar-refractivity contribution in [2.45, 2.75) is 45.1 Å². The highest BCUT2D eigenvalue weighted by Gasteiger charge is 2.32. The van der Waals surface area contributed by atoms with Gasteiger partial charge < -0.3 is 0 Å². The molecule has 63 heavy (non-hydrogen) atoms. The Hall–Kier alpha value is -7.30. The van der Waals surface area contributed by atoms with Crippen LogP contribution >= 0.6 is 0 Å². The predicted octanol–water partition coefficient (Wildman–Crippen LogP) is 14.5. The first-order valence-corrected chi connectivity index (χ1v) is 22.0. The van der Waals surface area contributed by atoms with Gasteiger partial charge in [-0.25, -0.2) is 0 Å². The van der Waals surface area contributed by atoms with Crippen LogP contribution in [0.2, 0.25) is 0 Å². The predicted molar refractivity (Wildman–Crippen MR) is 272 cm³/mol. The SMILES string of the molecule is C=N/C(=C\C(=NCc1ccc(C(CC)(CC)C2=CCC(C=N/C(=C\C(=NC)c3ccccc3)c3ccc4ccccc4c3)C=C2)cc1)c1ccccc1)c1ccc2ccccc2c1. The zero-order valence-electron chi connectivity index (χ0n) is 36.5. The zero-order chi connectivity index (χ0) is 43.4. The maximum Gasteiger partial charge on any atom is 0.0720 e. The van der Waals surface area contributed by atoms with E-state index >= 15 is 0 Å². The van der Waals surface area contributed by atoms with Crippen molar-refractivity contribution in [1.29, 1.82) is 0 Å². The van der Waals surface area contributed by atoms with Gasteiger partial charge in [0.05, 0.1) is 29.4 Å². The average molecular weight is 819 g/mol. The van der Waals surface area contributed by atoms with Crippen LogP contribution in [0.5, 0.6) is 0 Å². The lowest BCUT2D eigenvalue weighted by molar-refractivity contribution is 0.472. The minimum absolute atomic E-state index is 0.0962. The van der Waals surface area contributed by atoms with E-state index in [1.165, 1.54) is 32.7 Å². The normalized spacial score (nSPS) is 15.3. The van der Waals surface area contributed by atoms with Crippen LogP contribution in [-0.4, -0.2) is 31.4 Å². The summed E-state index contributed by atoms with van der Waals surface area (Å²) >= 11 is 0. The van der Waals surface area contributed by atoms with Crippen LogP contribution in [0.1, 0.15) is 66.5 Å². The number of hydrogen-bond acceptors (Lipinski definition) is 4. The Morgan fingerprint density at radius 1 is 0.603 bits per heavy atom. The molecule has 0 radical (unpaired) electrons. The van der Waals surface area contributed by atoms with Crippen molar-refractivity contribution < 1.29 is 0 Å². The number of allylic oxidation sites excluding steroid dienone is 6. The highest BCUT2D eigenvalue weighted by atomic mass is 14.8. The van der Waals surface area contributed by atoms with Gasteiger partial charge in [-0.1, -0.05) is 190 Å².